The van der Waals surface area contributed by atoms with Crippen LogP contribution in [0, 0.1) is 0 Å². The van der Waals surface area contributed by atoms with E-state index in [1.807, 2.05) is 26.2 Å². The maximum atomic E-state index is 6.29. The summed E-state index contributed by atoms with van der Waals surface area (Å²) in [4.78, 5) is 0. The molecule has 0 aliphatic carbocycles. The molecule has 19 heavy (non-hydrogen) atoms. The lowest BCUT2D eigenvalue weighted by Gasteiger charge is -2.20. The molecule has 2 aromatic rings. The molecule has 1 aromatic heterocycles. The molecule has 6 heteroatoms. The molecule has 0 spiro atoms. The highest BCUT2D eigenvalue weighted by Gasteiger charge is 2.23. The molecule has 0 bridgehead atoms. The van der Waals surface area contributed by atoms with Crippen LogP contribution in [-0.4, -0.2) is 23.9 Å². The van der Waals surface area contributed by atoms with E-state index < -0.39 is 0 Å². The van der Waals surface area contributed by atoms with Crippen LogP contribution in [0.4, 0.5) is 0 Å². The van der Waals surface area contributed by atoms with Crippen LogP contribution in [0.25, 0.3) is 0 Å². The minimum Gasteiger partial charge on any atom is -0.493 e. The van der Waals surface area contributed by atoms with Crippen LogP contribution in [0.3, 0.4) is 0 Å². The van der Waals surface area contributed by atoms with Gasteiger partial charge in [0.1, 0.15) is 5.69 Å². The van der Waals surface area contributed by atoms with E-state index in [1.54, 1.807) is 24.1 Å². The molecule has 0 saturated carbocycles. The van der Waals surface area contributed by atoms with E-state index in [0.29, 0.717) is 15.8 Å². The first-order valence-corrected chi connectivity index (χ1v) is 6.52. The molecular formula is C13H15Cl2N3O. The van der Waals surface area contributed by atoms with Gasteiger partial charge in [-0.2, -0.15) is 5.10 Å². The average Bonchev–Trinajstić information content (AvgIpc) is 2.77. The highest BCUT2D eigenvalue weighted by molar-refractivity contribution is 6.42. The third-order valence-electron chi connectivity index (χ3n) is 3.02. The van der Waals surface area contributed by atoms with Crippen molar-refractivity contribution < 1.29 is 4.74 Å². The highest BCUT2D eigenvalue weighted by atomic mass is 35.5. The van der Waals surface area contributed by atoms with Crippen molar-refractivity contribution in [3.05, 3.63) is 45.7 Å². The molecule has 2 rings (SSSR count). The maximum Gasteiger partial charge on any atom is 0.161 e. The van der Waals surface area contributed by atoms with E-state index >= 15 is 0 Å². The first-order chi connectivity index (χ1) is 9.10. The summed E-state index contributed by atoms with van der Waals surface area (Å²) in [6.45, 7) is 0. The van der Waals surface area contributed by atoms with Crippen LogP contribution in [0.2, 0.25) is 10.0 Å². The monoisotopic (exact) mass is 299 g/mol. The Hall–Kier alpha value is -1.23. The second-order valence-corrected chi connectivity index (χ2v) is 4.87. The number of hydrogen-bond acceptors (Lipinski definition) is 3. The number of halogens is 2. The second-order valence-electron chi connectivity index (χ2n) is 4.09. The molecule has 0 aliphatic heterocycles. The summed E-state index contributed by atoms with van der Waals surface area (Å²) in [5.74, 6) is 0.706. The summed E-state index contributed by atoms with van der Waals surface area (Å²) >= 11 is 12.4. The number of methoxy groups -OCH3 is 1. The van der Waals surface area contributed by atoms with Gasteiger partial charge in [-0.15, -0.1) is 0 Å². The molecule has 4 nitrogen and oxygen atoms in total. The molecule has 1 unspecified atom stereocenters. The van der Waals surface area contributed by atoms with E-state index in [-0.39, 0.29) is 6.04 Å². The average molecular weight is 300 g/mol. The van der Waals surface area contributed by atoms with Crippen LogP contribution in [0.1, 0.15) is 17.3 Å². The third-order valence-corrected chi connectivity index (χ3v) is 3.86. The van der Waals surface area contributed by atoms with E-state index in [1.165, 1.54) is 0 Å². The SMILES string of the molecule is CNC(c1cccc(Cl)c1Cl)c1c(OC)cnn1C. The Morgan fingerprint density at radius 3 is 2.74 bits per heavy atom. The van der Waals surface area contributed by atoms with Crippen molar-refractivity contribution >= 4 is 23.2 Å². The topological polar surface area (TPSA) is 39.1 Å². The Balaban J connectivity index is 2.56. The van der Waals surface area contributed by atoms with Crippen molar-refractivity contribution in [1.82, 2.24) is 15.1 Å². The maximum absolute atomic E-state index is 6.29. The van der Waals surface area contributed by atoms with Crippen molar-refractivity contribution in [1.29, 1.82) is 0 Å². The number of aromatic nitrogens is 2. The van der Waals surface area contributed by atoms with Crippen molar-refractivity contribution in [3.63, 3.8) is 0 Å². The number of aryl methyl sites for hydroxylation is 1. The van der Waals surface area contributed by atoms with Crippen LogP contribution in [-0.2, 0) is 7.05 Å². The summed E-state index contributed by atoms with van der Waals surface area (Å²) in [5.41, 5.74) is 1.78. The van der Waals surface area contributed by atoms with Crippen LogP contribution >= 0.6 is 23.2 Å². The number of nitrogens with zero attached hydrogens (tertiary/aromatic N) is 2. The zero-order valence-electron chi connectivity index (χ0n) is 10.9. The lowest BCUT2D eigenvalue weighted by atomic mass is 10.0. The number of rotatable bonds is 4. The highest BCUT2D eigenvalue weighted by Crippen LogP contribution is 2.35. The standard InChI is InChI=1S/C13H15Cl2N3O/c1-16-12(8-5-4-6-9(14)11(8)15)13-10(19-3)7-17-18(13)2/h4-7,12,16H,1-3H3. The number of benzene rings is 1. The van der Waals surface area contributed by atoms with Gasteiger partial charge in [0.15, 0.2) is 5.75 Å². The van der Waals surface area contributed by atoms with Gasteiger partial charge in [0.2, 0.25) is 0 Å². The summed E-state index contributed by atoms with van der Waals surface area (Å²) in [6, 6.07) is 5.42. The van der Waals surface area contributed by atoms with Crippen molar-refractivity contribution in [3.8, 4) is 5.75 Å². The molecule has 1 atom stereocenters. The zero-order valence-corrected chi connectivity index (χ0v) is 12.5. The third kappa shape index (κ3) is 2.56. The normalized spacial score (nSPS) is 12.5. The van der Waals surface area contributed by atoms with E-state index in [0.717, 1.165) is 11.3 Å². The summed E-state index contributed by atoms with van der Waals surface area (Å²) < 4.78 is 7.10. The molecule has 0 saturated heterocycles. The van der Waals surface area contributed by atoms with Gasteiger partial charge in [0.25, 0.3) is 0 Å². The molecule has 0 radical (unpaired) electrons. The number of hydrogen-bond donors (Lipinski definition) is 1. The smallest absolute Gasteiger partial charge is 0.161 e. The quantitative estimate of drug-likeness (QED) is 0.943. The van der Waals surface area contributed by atoms with Gasteiger partial charge in [-0.25, -0.2) is 0 Å². The fraction of sp³-hybridized carbons (Fsp3) is 0.308. The molecule has 1 heterocycles. The molecular weight excluding hydrogens is 285 g/mol. The van der Waals surface area contributed by atoms with E-state index in [9.17, 15) is 0 Å². The minimum absolute atomic E-state index is 0.145. The zero-order chi connectivity index (χ0) is 14.0. The molecule has 1 N–H and O–H groups in total. The first-order valence-electron chi connectivity index (χ1n) is 5.77. The van der Waals surface area contributed by atoms with Gasteiger partial charge in [-0.05, 0) is 18.7 Å². The van der Waals surface area contributed by atoms with Crippen LogP contribution in [0.15, 0.2) is 24.4 Å². The summed E-state index contributed by atoms with van der Waals surface area (Å²) in [7, 11) is 5.34. The molecule has 1 aromatic carbocycles. The van der Waals surface area contributed by atoms with Gasteiger partial charge in [0, 0.05) is 7.05 Å². The predicted molar refractivity (Wildman–Crippen MR) is 77.1 cm³/mol. The molecule has 0 fully saturated rings. The van der Waals surface area contributed by atoms with E-state index in [2.05, 4.69) is 10.4 Å². The molecule has 0 aliphatic rings. The Labute approximate surface area is 122 Å². The number of nitrogens with one attached hydrogen (secondary N) is 1. The fourth-order valence-corrected chi connectivity index (χ4v) is 2.51. The minimum atomic E-state index is -0.145. The predicted octanol–water partition coefficient (Wildman–Crippen LogP) is 3.04. The first kappa shape index (κ1) is 14.2. The van der Waals surface area contributed by atoms with Crippen LogP contribution < -0.4 is 10.1 Å². The summed E-state index contributed by atoms with van der Waals surface area (Å²) in [5, 5.41) is 8.49. The second kappa shape index (κ2) is 5.82. The van der Waals surface area contributed by atoms with Crippen LogP contribution in [0.5, 0.6) is 5.75 Å². The summed E-state index contributed by atoms with van der Waals surface area (Å²) in [6.07, 6.45) is 1.68. The van der Waals surface area contributed by atoms with Crippen molar-refractivity contribution in [2.75, 3.05) is 14.2 Å². The Bertz CT molecular complexity index is 583. The molecule has 102 valence electrons. The van der Waals surface area contributed by atoms with E-state index in [4.69, 9.17) is 27.9 Å². The lowest BCUT2D eigenvalue weighted by Crippen LogP contribution is -2.21. The van der Waals surface area contributed by atoms with Gasteiger partial charge in [0.05, 0.1) is 29.4 Å². The van der Waals surface area contributed by atoms with Crippen molar-refractivity contribution in [2.45, 2.75) is 6.04 Å². The van der Waals surface area contributed by atoms with Crippen molar-refractivity contribution in [2.24, 2.45) is 7.05 Å². The number of ether oxygens (including phenoxy) is 1. The van der Waals surface area contributed by atoms with Gasteiger partial charge in [-0.1, -0.05) is 35.3 Å². The van der Waals surface area contributed by atoms with Gasteiger partial charge >= 0.3 is 0 Å². The Morgan fingerprint density at radius 2 is 2.11 bits per heavy atom. The molecule has 0 amide bonds. The van der Waals surface area contributed by atoms with Gasteiger partial charge in [-0.3, -0.25) is 4.68 Å². The fourth-order valence-electron chi connectivity index (χ4n) is 2.10. The van der Waals surface area contributed by atoms with Gasteiger partial charge < -0.3 is 10.1 Å². The Morgan fingerprint density at radius 1 is 1.37 bits per heavy atom. The Kier molecular flexibility index (Phi) is 4.34. The largest absolute Gasteiger partial charge is 0.493 e. The lowest BCUT2D eigenvalue weighted by molar-refractivity contribution is 0.402.